The van der Waals surface area contributed by atoms with Gasteiger partial charge in [-0.3, -0.25) is 9.99 Å². The smallest absolute Gasteiger partial charge is 0.103 e. The number of hydrogen-bond acceptors (Lipinski definition) is 9. The van der Waals surface area contributed by atoms with Gasteiger partial charge in [-0.25, -0.2) is 0 Å². The molecule has 2 aromatic heterocycles. The molecule has 43 heavy (non-hydrogen) atoms. The number of likely N-dealkylation sites (tertiary alicyclic amines) is 1. The summed E-state index contributed by atoms with van der Waals surface area (Å²) in [5.74, 6) is 0. The molecule has 8 nitrogen and oxygen atoms in total. The van der Waals surface area contributed by atoms with E-state index in [1.165, 1.54) is 6.20 Å². The van der Waals surface area contributed by atoms with Crippen LogP contribution in [0.4, 0.5) is 17.1 Å². The Kier molecular flexibility index (Phi) is 8.87. The highest BCUT2D eigenvalue weighted by Crippen LogP contribution is 2.39. The largest absolute Gasteiger partial charge is 0.373 e. The van der Waals surface area contributed by atoms with Gasteiger partial charge in [0.05, 0.1) is 38.6 Å². The molecule has 2 aliphatic rings. The maximum atomic E-state index is 9.95. The fourth-order valence-corrected chi connectivity index (χ4v) is 7.13. The molecule has 222 valence electrons. The molecule has 6 rings (SSSR count). The fraction of sp³-hybridized carbons (Fsp3) is 0.290. The molecular weight excluding hydrogens is 623 g/mol. The minimum atomic E-state index is -0.292. The summed E-state index contributed by atoms with van der Waals surface area (Å²) in [6, 6.07) is 11.9. The summed E-state index contributed by atoms with van der Waals surface area (Å²) in [7, 11) is 0. The second kappa shape index (κ2) is 12.8. The average Bonchev–Trinajstić information content (AvgIpc) is 3.68. The number of aryl methyl sites for hydroxylation is 1. The van der Waals surface area contributed by atoms with E-state index in [9.17, 15) is 5.26 Å². The number of thiophene rings is 1. The third kappa shape index (κ3) is 6.22. The monoisotopic (exact) mass is 652 g/mol. The Balaban J connectivity index is 1.36. The summed E-state index contributed by atoms with van der Waals surface area (Å²) in [5.41, 5.74) is 12.7. The van der Waals surface area contributed by atoms with Crippen LogP contribution in [0.5, 0.6) is 0 Å². The van der Waals surface area contributed by atoms with Gasteiger partial charge < -0.3 is 21.0 Å². The summed E-state index contributed by atoms with van der Waals surface area (Å²) in [6.07, 6.45) is 5.83. The topological polar surface area (TPSA) is 91.3 Å². The van der Waals surface area contributed by atoms with Crippen LogP contribution in [0.3, 0.4) is 0 Å². The van der Waals surface area contributed by atoms with Crippen LogP contribution in [0.25, 0.3) is 10.9 Å². The number of halogens is 3. The molecule has 2 aromatic carbocycles. The molecule has 0 spiro atoms. The van der Waals surface area contributed by atoms with Crippen molar-refractivity contribution in [2.24, 2.45) is 0 Å². The van der Waals surface area contributed by atoms with E-state index in [1.807, 2.05) is 42.6 Å². The highest BCUT2D eigenvalue weighted by atomic mass is 35.5. The van der Waals surface area contributed by atoms with Gasteiger partial charge in [-0.05, 0) is 61.5 Å². The third-order valence-corrected chi connectivity index (χ3v) is 9.98. The summed E-state index contributed by atoms with van der Waals surface area (Å²) < 4.78 is 0. The molecule has 0 amide bonds. The normalized spacial score (nSPS) is 16.6. The SMILES string of the molecule is CCN1CCC(N2C=C([C@@H](Nc3cc(Cl)c4ncc(C#N)c(Nc5ccc(C)c(Cl)c5)c4c3)c3cscc3Cl)NN2)CC1. The van der Waals surface area contributed by atoms with E-state index < -0.39 is 0 Å². The van der Waals surface area contributed by atoms with Gasteiger partial charge in [0.15, 0.2) is 0 Å². The summed E-state index contributed by atoms with van der Waals surface area (Å²) in [4.78, 5) is 6.99. The lowest BCUT2D eigenvalue weighted by Crippen LogP contribution is -2.48. The molecular formula is C31H31Cl3N8S. The molecule has 1 saturated heterocycles. The van der Waals surface area contributed by atoms with E-state index in [-0.39, 0.29) is 6.04 Å². The number of nitrogens with one attached hydrogen (secondary N) is 4. The maximum Gasteiger partial charge on any atom is 0.103 e. The number of anilines is 3. The van der Waals surface area contributed by atoms with Crippen molar-refractivity contribution in [3.63, 3.8) is 0 Å². The average molecular weight is 654 g/mol. The Morgan fingerprint density at radius 2 is 1.88 bits per heavy atom. The first kappa shape index (κ1) is 29.8. The minimum absolute atomic E-state index is 0.292. The highest BCUT2D eigenvalue weighted by molar-refractivity contribution is 7.08. The van der Waals surface area contributed by atoms with Gasteiger partial charge in [-0.15, -0.1) is 5.53 Å². The first-order valence-corrected chi connectivity index (χ1v) is 16.2. The first-order chi connectivity index (χ1) is 20.8. The lowest BCUT2D eigenvalue weighted by atomic mass is 10.0. The van der Waals surface area contributed by atoms with Gasteiger partial charge in [-0.1, -0.05) is 47.8 Å². The second-order valence-corrected chi connectivity index (χ2v) is 12.7. The van der Waals surface area contributed by atoms with Gasteiger partial charge in [0.25, 0.3) is 0 Å². The van der Waals surface area contributed by atoms with Gasteiger partial charge in [0.1, 0.15) is 6.07 Å². The molecule has 4 N–H and O–H groups in total. The van der Waals surface area contributed by atoms with Crippen molar-refractivity contribution in [2.75, 3.05) is 30.3 Å². The van der Waals surface area contributed by atoms with Crippen LogP contribution >= 0.6 is 46.1 Å². The van der Waals surface area contributed by atoms with Crippen molar-refractivity contribution in [1.82, 2.24) is 25.9 Å². The van der Waals surface area contributed by atoms with Crippen LogP contribution in [0, 0.1) is 18.3 Å². The summed E-state index contributed by atoms with van der Waals surface area (Å²) in [5, 5.41) is 25.6. The molecule has 0 radical (unpaired) electrons. The zero-order valence-electron chi connectivity index (χ0n) is 23.7. The van der Waals surface area contributed by atoms with Crippen LogP contribution in [0.15, 0.2) is 59.2 Å². The minimum Gasteiger partial charge on any atom is -0.373 e. The van der Waals surface area contributed by atoms with E-state index in [1.54, 1.807) is 11.3 Å². The van der Waals surface area contributed by atoms with Crippen molar-refractivity contribution in [2.45, 2.75) is 38.8 Å². The molecule has 4 aromatic rings. The molecule has 1 atom stereocenters. The Bertz CT molecular complexity index is 1720. The molecule has 0 bridgehead atoms. The number of fused-ring (bicyclic) bond motifs is 1. The zero-order chi connectivity index (χ0) is 30.1. The van der Waals surface area contributed by atoms with Gasteiger partial charge in [0, 0.05) is 64.3 Å². The number of nitriles is 1. The number of aromatic nitrogens is 1. The quantitative estimate of drug-likeness (QED) is 0.152. The Labute approximate surface area is 270 Å². The molecule has 0 unspecified atom stereocenters. The number of nitrogens with zero attached hydrogens (tertiary/aromatic N) is 4. The second-order valence-electron chi connectivity index (χ2n) is 10.7. The van der Waals surface area contributed by atoms with Gasteiger partial charge in [0.2, 0.25) is 0 Å². The van der Waals surface area contributed by atoms with Crippen LogP contribution in [-0.2, 0) is 0 Å². The molecule has 4 heterocycles. The lowest BCUT2D eigenvalue weighted by Gasteiger charge is -2.35. The molecule has 2 aliphatic heterocycles. The molecule has 1 fully saturated rings. The number of hydrazine groups is 2. The molecule has 0 aliphatic carbocycles. The number of pyridine rings is 1. The van der Waals surface area contributed by atoms with E-state index in [4.69, 9.17) is 34.8 Å². The van der Waals surface area contributed by atoms with Crippen LogP contribution in [0.1, 0.15) is 42.5 Å². The lowest BCUT2D eigenvalue weighted by molar-refractivity contribution is 0.112. The summed E-state index contributed by atoms with van der Waals surface area (Å²) in [6.45, 7) is 7.40. The Morgan fingerprint density at radius 1 is 1.09 bits per heavy atom. The van der Waals surface area contributed by atoms with Crippen LogP contribution in [0.2, 0.25) is 15.1 Å². The van der Waals surface area contributed by atoms with Crippen LogP contribution in [-0.4, -0.2) is 40.6 Å². The van der Waals surface area contributed by atoms with E-state index in [2.05, 4.69) is 61.1 Å². The predicted octanol–water partition coefficient (Wildman–Crippen LogP) is 7.98. The maximum absolute atomic E-state index is 9.95. The van der Waals surface area contributed by atoms with Crippen molar-refractivity contribution < 1.29 is 0 Å². The number of hydrogen-bond donors (Lipinski definition) is 4. The third-order valence-electron chi connectivity index (χ3n) is 8.07. The number of piperidine rings is 1. The summed E-state index contributed by atoms with van der Waals surface area (Å²) >= 11 is 21.4. The van der Waals surface area contributed by atoms with E-state index in [0.29, 0.717) is 43.3 Å². The van der Waals surface area contributed by atoms with Gasteiger partial charge in [-0.2, -0.15) is 16.6 Å². The molecule has 0 saturated carbocycles. The van der Waals surface area contributed by atoms with Crippen molar-refractivity contribution in [3.05, 3.63) is 90.9 Å². The van der Waals surface area contributed by atoms with Gasteiger partial charge >= 0.3 is 0 Å². The molecule has 12 heteroatoms. The Morgan fingerprint density at radius 3 is 2.58 bits per heavy atom. The number of benzene rings is 2. The van der Waals surface area contributed by atoms with Crippen molar-refractivity contribution in [3.8, 4) is 6.07 Å². The van der Waals surface area contributed by atoms with Crippen molar-refractivity contribution >= 4 is 74.1 Å². The highest BCUT2D eigenvalue weighted by Gasteiger charge is 2.30. The van der Waals surface area contributed by atoms with E-state index in [0.717, 1.165) is 60.7 Å². The van der Waals surface area contributed by atoms with E-state index >= 15 is 0 Å². The first-order valence-electron chi connectivity index (χ1n) is 14.1. The Hall–Kier alpha value is -3.23. The fourth-order valence-electron chi connectivity index (χ4n) is 5.56. The standard InChI is InChI=1S/C31H31Cl3N8S/c1-3-41-8-6-22(7-9-41)42-15-28(39-40-42)31(24-16-43-17-27(24)34)38-21-10-23-29(37-20-5-4-18(2)25(32)11-20)19(13-35)14-36-30(23)26(33)12-21/h4-5,10-12,14-17,22,31,38-40H,3,6-9H2,1-2H3,(H,36,37)/t31-/m0/s1. The predicted molar refractivity (Wildman–Crippen MR) is 178 cm³/mol. The number of rotatable bonds is 8. The zero-order valence-corrected chi connectivity index (χ0v) is 26.8. The van der Waals surface area contributed by atoms with Crippen molar-refractivity contribution in [1.29, 1.82) is 5.26 Å². The van der Waals surface area contributed by atoms with Crippen LogP contribution < -0.4 is 21.6 Å².